The molecule has 0 aliphatic carbocycles. The number of nitriles is 1. The van der Waals surface area contributed by atoms with E-state index in [0.717, 1.165) is 28.8 Å². The van der Waals surface area contributed by atoms with E-state index in [0.29, 0.717) is 12.1 Å². The van der Waals surface area contributed by atoms with Gasteiger partial charge in [-0.3, -0.25) is 9.80 Å². The highest BCUT2D eigenvalue weighted by molar-refractivity contribution is 6.01. The minimum atomic E-state index is -0.321. The van der Waals surface area contributed by atoms with Crippen LogP contribution >= 0.6 is 0 Å². The van der Waals surface area contributed by atoms with Crippen LogP contribution in [0.15, 0.2) is 47.6 Å². The van der Waals surface area contributed by atoms with E-state index in [-0.39, 0.29) is 24.2 Å². The predicted molar refractivity (Wildman–Crippen MR) is 103 cm³/mol. The Balaban J connectivity index is 1.77. The highest BCUT2D eigenvalue weighted by Gasteiger charge is 2.30. The Morgan fingerprint density at radius 1 is 1.33 bits per heavy atom. The second kappa shape index (κ2) is 7.92. The molecule has 6 nitrogen and oxygen atoms in total. The fraction of sp³-hybridized carbons (Fsp3) is 0.286. The Morgan fingerprint density at radius 2 is 2.07 bits per heavy atom. The molecular weight excluding hydrogens is 342 g/mol. The Hall–Kier alpha value is -3.33. The second-order valence-corrected chi connectivity index (χ2v) is 6.60. The number of phenolic OH excluding ortho intramolecular Hbond substituents is 1. The molecule has 1 unspecified atom stereocenters. The Bertz CT molecular complexity index is 913. The molecule has 1 aliphatic heterocycles. The number of hydrogen-bond acceptors (Lipinski definition) is 6. The smallest absolute Gasteiger partial charge is 0.307 e. The average molecular weight is 363 g/mol. The minimum absolute atomic E-state index is 0.180. The zero-order chi connectivity index (χ0) is 19.4. The quantitative estimate of drug-likeness (QED) is 0.824. The molecule has 0 saturated carbocycles. The molecule has 0 aromatic heterocycles. The van der Waals surface area contributed by atoms with Crippen molar-refractivity contribution in [3.8, 4) is 11.8 Å². The molecule has 0 radical (unpaired) electrons. The number of nitrogens with zero attached hydrogens (tertiary/aromatic N) is 3. The third-order valence-corrected chi connectivity index (χ3v) is 4.68. The molecule has 138 valence electrons. The van der Waals surface area contributed by atoms with Crippen LogP contribution < -0.4 is 5.01 Å². The zero-order valence-electron chi connectivity index (χ0n) is 15.3. The van der Waals surface area contributed by atoms with Gasteiger partial charge in [0.25, 0.3) is 0 Å². The maximum Gasteiger partial charge on any atom is 0.307 e. The lowest BCUT2D eigenvalue weighted by molar-refractivity contribution is -0.140. The van der Waals surface area contributed by atoms with E-state index in [1.165, 1.54) is 7.11 Å². The topological polar surface area (TPSA) is 85.9 Å². The van der Waals surface area contributed by atoms with Gasteiger partial charge in [-0.2, -0.15) is 10.4 Å². The monoisotopic (exact) mass is 363 g/mol. The first-order chi connectivity index (χ1) is 13.0. The van der Waals surface area contributed by atoms with Crippen molar-refractivity contribution < 1.29 is 14.6 Å². The van der Waals surface area contributed by atoms with Crippen LogP contribution in [0.2, 0.25) is 0 Å². The van der Waals surface area contributed by atoms with Gasteiger partial charge in [-0.25, -0.2) is 0 Å². The molecule has 0 fully saturated rings. The van der Waals surface area contributed by atoms with Crippen LogP contribution in [0.1, 0.15) is 29.5 Å². The van der Waals surface area contributed by atoms with Crippen molar-refractivity contribution in [2.45, 2.75) is 32.2 Å². The fourth-order valence-electron chi connectivity index (χ4n) is 3.20. The molecule has 1 aliphatic rings. The molecule has 3 rings (SSSR count). The number of esters is 1. The first-order valence-electron chi connectivity index (χ1n) is 8.71. The summed E-state index contributed by atoms with van der Waals surface area (Å²) in [4.78, 5) is 11.7. The normalized spacial score (nSPS) is 16.0. The maximum absolute atomic E-state index is 11.7. The van der Waals surface area contributed by atoms with Gasteiger partial charge in [-0.05, 0) is 54.3 Å². The van der Waals surface area contributed by atoms with Crippen molar-refractivity contribution in [3.63, 3.8) is 0 Å². The van der Waals surface area contributed by atoms with E-state index in [2.05, 4.69) is 11.2 Å². The molecule has 0 spiro atoms. The third-order valence-electron chi connectivity index (χ3n) is 4.68. The molecule has 1 atom stereocenters. The Labute approximate surface area is 158 Å². The van der Waals surface area contributed by atoms with Gasteiger partial charge in [0, 0.05) is 6.42 Å². The predicted octanol–water partition coefficient (Wildman–Crippen LogP) is 3.31. The molecular formula is C21H21N3O3. The number of rotatable bonds is 5. The standard InChI is InChI=1S/C21H21N3O3/c1-14-9-20(25)8-5-16(14)10-15-3-6-18(7-4-15)24-19(12-21(26)27-2)11-17(13-22)23-24/h3-9,19,25H,10-12H2,1-2H3. The van der Waals surface area contributed by atoms with Crippen LogP contribution in [0.25, 0.3) is 0 Å². The highest BCUT2D eigenvalue weighted by Crippen LogP contribution is 2.28. The number of aryl methyl sites for hydroxylation is 1. The Kier molecular flexibility index (Phi) is 5.41. The number of ether oxygens (including phenoxy) is 1. The SMILES string of the molecule is COC(=O)CC1CC(C#N)=NN1c1ccc(Cc2ccc(O)cc2C)cc1. The summed E-state index contributed by atoms with van der Waals surface area (Å²) in [5.74, 6) is -0.0535. The summed E-state index contributed by atoms with van der Waals surface area (Å²) < 4.78 is 4.75. The molecule has 0 bridgehead atoms. The van der Waals surface area contributed by atoms with Crippen LogP contribution in [-0.4, -0.2) is 29.9 Å². The van der Waals surface area contributed by atoms with Crippen LogP contribution in [0.4, 0.5) is 5.69 Å². The number of aromatic hydroxyl groups is 1. The van der Waals surface area contributed by atoms with Crippen molar-refractivity contribution in [1.82, 2.24) is 0 Å². The van der Waals surface area contributed by atoms with Gasteiger partial charge in [0.05, 0.1) is 25.3 Å². The summed E-state index contributed by atoms with van der Waals surface area (Å²) in [6.07, 6.45) is 1.37. The van der Waals surface area contributed by atoms with E-state index in [1.54, 1.807) is 17.1 Å². The lowest BCUT2D eigenvalue weighted by atomic mass is 10.00. The van der Waals surface area contributed by atoms with Crippen molar-refractivity contribution in [3.05, 3.63) is 59.2 Å². The molecule has 2 aromatic rings. The third kappa shape index (κ3) is 4.26. The lowest BCUT2D eigenvalue weighted by Gasteiger charge is -2.22. The van der Waals surface area contributed by atoms with E-state index in [1.807, 2.05) is 37.3 Å². The van der Waals surface area contributed by atoms with Gasteiger partial charge in [0.2, 0.25) is 0 Å². The second-order valence-electron chi connectivity index (χ2n) is 6.60. The number of carbonyl (C=O) groups excluding carboxylic acids is 1. The Morgan fingerprint density at radius 3 is 2.70 bits per heavy atom. The number of anilines is 1. The number of benzene rings is 2. The van der Waals surface area contributed by atoms with Crippen LogP contribution in [0.5, 0.6) is 5.75 Å². The summed E-state index contributed by atoms with van der Waals surface area (Å²) in [6, 6.07) is 15.1. The van der Waals surface area contributed by atoms with Crippen molar-refractivity contribution in [2.75, 3.05) is 12.1 Å². The van der Waals surface area contributed by atoms with Gasteiger partial charge in [-0.15, -0.1) is 0 Å². The van der Waals surface area contributed by atoms with Crippen molar-refractivity contribution in [2.24, 2.45) is 5.10 Å². The van der Waals surface area contributed by atoms with Crippen LogP contribution in [0, 0.1) is 18.3 Å². The largest absolute Gasteiger partial charge is 0.508 e. The van der Waals surface area contributed by atoms with Crippen molar-refractivity contribution in [1.29, 1.82) is 5.26 Å². The zero-order valence-corrected chi connectivity index (χ0v) is 15.3. The number of hydrogen-bond donors (Lipinski definition) is 1. The summed E-state index contributed by atoms with van der Waals surface area (Å²) >= 11 is 0. The summed E-state index contributed by atoms with van der Waals surface area (Å²) in [5, 5.41) is 24.8. The first-order valence-corrected chi connectivity index (χ1v) is 8.71. The van der Waals surface area contributed by atoms with E-state index in [4.69, 9.17) is 10.00 Å². The van der Waals surface area contributed by atoms with Gasteiger partial charge in [0.15, 0.2) is 0 Å². The van der Waals surface area contributed by atoms with Crippen molar-refractivity contribution >= 4 is 17.4 Å². The van der Waals surface area contributed by atoms with Gasteiger partial charge < -0.3 is 9.84 Å². The summed E-state index contributed by atoms with van der Waals surface area (Å²) in [5.41, 5.74) is 4.56. The molecule has 6 heteroatoms. The molecule has 2 aromatic carbocycles. The fourth-order valence-corrected chi connectivity index (χ4v) is 3.20. The maximum atomic E-state index is 11.7. The van der Waals surface area contributed by atoms with Crippen LogP contribution in [-0.2, 0) is 16.0 Å². The number of carbonyl (C=O) groups is 1. The first kappa shape index (κ1) is 18.5. The number of methoxy groups -OCH3 is 1. The molecule has 1 heterocycles. The van der Waals surface area contributed by atoms with E-state index >= 15 is 0 Å². The van der Waals surface area contributed by atoms with Gasteiger partial charge in [-0.1, -0.05) is 18.2 Å². The summed E-state index contributed by atoms with van der Waals surface area (Å²) in [6.45, 7) is 1.98. The molecule has 0 saturated heterocycles. The van der Waals surface area contributed by atoms with E-state index in [9.17, 15) is 9.90 Å². The van der Waals surface area contributed by atoms with E-state index < -0.39 is 0 Å². The van der Waals surface area contributed by atoms with Gasteiger partial charge >= 0.3 is 5.97 Å². The minimum Gasteiger partial charge on any atom is -0.508 e. The van der Waals surface area contributed by atoms with Crippen LogP contribution in [0.3, 0.4) is 0 Å². The lowest BCUT2D eigenvalue weighted by Crippen LogP contribution is -2.29. The average Bonchev–Trinajstić information content (AvgIpc) is 3.07. The van der Waals surface area contributed by atoms with Gasteiger partial charge in [0.1, 0.15) is 17.5 Å². The molecule has 27 heavy (non-hydrogen) atoms. The summed E-state index contributed by atoms with van der Waals surface area (Å²) in [7, 11) is 1.35. The molecule has 1 N–H and O–H groups in total. The number of hydrazone groups is 1. The highest BCUT2D eigenvalue weighted by atomic mass is 16.5. The molecule has 0 amide bonds. The number of phenols is 1.